The van der Waals surface area contributed by atoms with Crippen molar-refractivity contribution in [2.75, 3.05) is 16.8 Å². The Labute approximate surface area is 267 Å². The molecule has 2 aliphatic heterocycles. The first-order valence-corrected chi connectivity index (χ1v) is 15.7. The van der Waals surface area contributed by atoms with Gasteiger partial charge in [-0.05, 0) is 47.2 Å². The van der Waals surface area contributed by atoms with E-state index >= 15 is 0 Å². The average molecular weight is 662 g/mol. The summed E-state index contributed by atoms with van der Waals surface area (Å²) in [5, 5.41) is 4.17. The summed E-state index contributed by atoms with van der Waals surface area (Å²) < 4.78 is 46.5. The van der Waals surface area contributed by atoms with Crippen LogP contribution >= 0.6 is 23.1 Å². The highest BCUT2D eigenvalue weighted by Gasteiger charge is 2.57. The van der Waals surface area contributed by atoms with E-state index in [0.717, 1.165) is 57.0 Å². The van der Waals surface area contributed by atoms with Crippen LogP contribution in [0.15, 0.2) is 101 Å². The number of aromatic nitrogens is 1. The zero-order chi connectivity index (χ0) is 32.2. The van der Waals surface area contributed by atoms with Crippen LogP contribution in [0.2, 0.25) is 0 Å². The molecule has 8 nitrogen and oxygen atoms in total. The number of H-pyrrole nitrogens is 1. The number of nitrogens with zero attached hydrogens (tertiary/aromatic N) is 1. The van der Waals surface area contributed by atoms with Crippen LogP contribution < -0.4 is 19.8 Å². The van der Waals surface area contributed by atoms with E-state index in [9.17, 15) is 32.3 Å². The first kappa shape index (κ1) is 29.8. The molecule has 2 aliphatic rings. The highest BCUT2D eigenvalue weighted by molar-refractivity contribution is 8.00. The summed E-state index contributed by atoms with van der Waals surface area (Å²) in [4.78, 5) is 56.7. The number of carbonyl (C=O) groups excluding carboxylic acids is 3. The van der Waals surface area contributed by atoms with E-state index in [0.29, 0.717) is 21.2 Å². The maximum absolute atomic E-state index is 14.0. The number of para-hydroxylation sites is 1. The van der Waals surface area contributed by atoms with E-state index in [-0.39, 0.29) is 22.9 Å². The number of rotatable bonds is 6. The number of anilines is 2. The summed E-state index contributed by atoms with van der Waals surface area (Å²) in [6.45, 7) is -0.376. The Morgan fingerprint density at radius 1 is 0.891 bits per heavy atom. The fourth-order valence-corrected chi connectivity index (χ4v) is 8.41. The molecule has 0 saturated carbocycles. The summed E-state index contributed by atoms with van der Waals surface area (Å²) in [6.07, 6.45) is -4.67. The van der Waals surface area contributed by atoms with Crippen LogP contribution in [-0.2, 0) is 20.6 Å². The molecular formula is C33H22F3N3O5S2. The Morgan fingerprint density at radius 3 is 2.46 bits per heavy atom. The molecule has 1 saturated heterocycles. The molecule has 0 unspecified atom stereocenters. The molecule has 4 aromatic carbocycles. The van der Waals surface area contributed by atoms with E-state index < -0.39 is 46.5 Å². The molecular weight excluding hydrogens is 640 g/mol. The Morgan fingerprint density at radius 2 is 1.65 bits per heavy atom. The number of nitrogens with one attached hydrogen (secondary N) is 2. The Bertz CT molecular complexity index is 2090. The standard InChI is InChI=1S/C33H22F3N3O5S2/c34-33(35,36)19-8-5-9-21(15-19)39-30(41)26-25(27-29(38-32(43)46-27)45-28(26)31(39)42)22-10-3-4-11-23(22)44-16-24(40)37-20-13-12-17-6-1-2-7-18(17)14-20/h1-15,25-26,28H,16H2,(H,37,40)(H,38,43)/t25-,26-,28+/m0/s1. The summed E-state index contributed by atoms with van der Waals surface area (Å²) >= 11 is 1.89. The molecule has 0 radical (unpaired) electrons. The van der Waals surface area contributed by atoms with Gasteiger partial charge in [-0.2, -0.15) is 13.2 Å². The van der Waals surface area contributed by atoms with Gasteiger partial charge in [-0.3, -0.25) is 19.2 Å². The summed E-state index contributed by atoms with van der Waals surface area (Å²) in [7, 11) is 0. The van der Waals surface area contributed by atoms with E-state index in [1.54, 1.807) is 30.3 Å². The number of ether oxygens (including phenoxy) is 1. The minimum absolute atomic E-state index is 0.190. The van der Waals surface area contributed by atoms with Crippen LogP contribution in [0.25, 0.3) is 10.8 Å². The zero-order valence-corrected chi connectivity index (χ0v) is 25.2. The smallest absolute Gasteiger partial charge is 0.416 e. The fraction of sp³-hybridized carbons (Fsp3) is 0.152. The number of halogens is 3. The molecule has 7 rings (SSSR count). The number of fused-ring (bicyclic) bond motifs is 3. The second kappa shape index (κ2) is 11.5. The number of benzene rings is 4. The molecule has 5 aromatic rings. The topological polar surface area (TPSA) is 109 Å². The molecule has 0 bridgehead atoms. The van der Waals surface area contributed by atoms with Crippen LogP contribution in [0.5, 0.6) is 5.75 Å². The molecule has 46 heavy (non-hydrogen) atoms. The average Bonchev–Trinajstić information content (AvgIpc) is 3.53. The predicted molar refractivity (Wildman–Crippen MR) is 168 cm³/mol. The number of imide groups is 1. The second-order valence-corrected chi connectivity index (χ2v) is 12.9. The number of thioether (sulfide) groups is 1. The summed E-state index contributed by atoms with van der Waals surface area (Å²) in [5.74, 6) is -3.45. The molecule has 13 heteroatoms. The van der Waals surface area contributed by atoms with Gasteiger partial charge >= 0.3 is 11.0 Å². The van der Waals surface area contributed by atoms with Gasteiger partial charge in [0.25, 0.3) is 5.91 Å². The lowest BCUT2D eigenvalue weighted by Crippen LogP contribution is -2.32. The van der Waals surface area contributed by atoms with Crippen LogP contribution in [0.4, 0.5) is 24.5 Å². The third kappa shape index (κ3) is 5.35. The lowest BCUT2D eigenvalue weighted by Gasteiger charge is -2.30. The van der Waals surface area contributed by atoms with Crippen LogP contribution in [-0.4, -0.2) is 34.6 Å². The van der Waals surface area contributed by atoms with Crippen molar-refractivity contribution in [3.63, 3.8) is 0 Å². The van der Waals surface area contributed by atoms with Gasteiger partial charge in [0, 0.05) is 22.0 Å². The van der Waals surface area contributed by atoms with Gasteiger partial charge in [0.05, 0.1) is 22.2 Å². The highest BCUT2D eigenvalue weighted by Crippen LogP contribution is 2.54. The lowest BCUT2D eigenvalue weighted by molar-refractivity contribution is -0.137. The van der Waals surface area contributed by atoms with Crippen molar-refractivity contribution in [1.29, 1.82) is 0 Å². The largest absolute Gasteiger partial charge is 0.483 e. The van der Waals surface area contributed by atoms with E-state index in [2.05, 4.69) is 10.3 Å². The van der Waals surface area contributed by atoms with Gasteiger partial charge in [-0.15, -0.1) is 0 Å². The number of hydrogen-bond donors (Lipinski definition) is 2. The van der Waals surface area contributed by atoms with E-state index in [4.69, 9.17) is 4.74 Å². The van der Waals surface area contributed by atoms with Gasteiger partial charge in [0.1, 0.15) is 11.0 Å². The molecule has 3 amide bonds. The summed E-state index contributed by atoms with van der Waals surface area (Å²) in [5.41, 5.74) is -0.141. The maximum Gasteiger partial charge on any atom is 0.416 e. The number of carbonyl (C=O) groups is 3. The van der Waals surface area contributed by atoms with Gasteiger partial charge in [0.15, 0.2) is 6.61 Å². The third-order valence-electron chi connectivity index (χ3n) is 7.90. The normalized spacial score (nSPS) is 19.2. The second-order valence-electron chi connectivity index (χ2n) is 10.7. The minimum Gasteiger partial charge on any atom is -0.483 e. The minimum atomic E-state index is -4.67. The first-order chi connectivity index (χ1) is 22.1. The van der Waals surface area contributed by atoms with Crippen LogP contribution in [0.3, 0.4) is 0 Å². The van der Waals surface area contributed by atoms with E-state index in [1.165, 1.54) is 6.07 Å². The molecule has 2 N–H and O–H groups in total. The maximum atomic E-state index is 14.0. The number of amides is 3. The van der Waals surface area contributed by atoms with Crippen molar-refractivity contribution in [2.45, 2.75) is 22.4 Å². The monoisotopic (exact) mass is 661 g/mol. The SMILES string of the molecule is O=C(COc1ccccc1[C@@H]1c2sc(=O)[nH]c2S[C@H]2C(=O)N(c3cccc(C(F)(F)F)c3)C(=O)[C@@H]12)Nc1ccc2ccccc2c1. The van der Waals surface area contributed by atoms with E-state index in [1.807, 2.05) is 36.4 Å². The van der Waals surface area contributed by atoms with Crippen molar-refractivity contribution in [3.05, 3.63) is 117 Å². The molecule has 1 fully saturated rings. The van der Waals surface area contributed by atoms with Crippen molar-refractivity contribution in [3.8, 4) is 5.75 Å². The number of aromatic amines is 1. The zero-order valence-electron chi connectivity index (χ0n) is 23.5. The number of hydrogen-bond acceptors (Lipinski definition) is 7. The Hall–Kier alpha value is -4.88. The third-order valence-corrected chi connectivity index (χ3v) is 10.3. The molecule has 232 valence electrons. The Kier molecular flexibility index (Phi) is 7.44. The molecule has 3 heterocycles. The van der Waals surface area contributed by atoms with Crippen molar-refractivity contribution >= 4 is 63.0 Å². The predicted octanol–water partition coefficient (Wildman–Crippen LogP) is 6.42. The molecule has 3 atom stereocenters. The van der Waals surface area contributed by atoms with Crippen LogP contribution in [0.1, 0.15) is 21.9 Å². The number of thiazole rings is 1. The van der Waals surface area contributed by atoms with Crippen molar-refractivity contribution in [2.24, 2.45) is 5.92 Å². The molecule has 0 spiro atoms. The summed E-state index contributed by atoms with van der Waals surface area (Å²) in [6, 6.07) is 24.0. The van der Waals surface area contributed by atoms with Gasteiger partial charge in [-0.25, -0.2) is 4.90 Å². The van der Waals surface area contributed by atoms with Gasteiger partial charge in [0.2, 0.25) is 11.8 Å². The molecule has 0 aliphatic carbocycles. The van der Waals surface area contributed by atoms with Gasteiger partial charge in [-0.1, -0.05) is 77.7 Å². The highest BCUT2D eigenvalue weighted by atomic mass is 32.2. The first-order valence-electron chi connectivity index (χ1n) is 14.0. The number of alkyl halides is 3. The quantitative estimate of drug-likeness (QED) is 0.203. The van der Waals surface area contributed by atoms with Crippen molar-refractivity contribution < 1.29 is 32.3 Å². The molecule has 1 aromatic heterocycles. The van der Waals surface area contributed by atoms with Crippen LogP contribution in [0, 0.1) is 5.92 Å². The lowest BCUT2D eigenvalue weighted by atomic mass is 9.82. The fourth-order valence-electron chi connectivity index (χ4n) is 5.90. The van der Waals surface area contributed by atoms with Gasteiger partial charge < -0.3 is 15.0 Å². The Balaban J connectivity index is 1.20. The van der Waals surface area contributed by atoms with Crippen molar-refractivity contribution in [1.82, 2.24) is 4.98 Å².